The Morgan fingerprint density at radius 1 is 1.06 bits per heavy atom. The number of benzene rings is 1. The molecule has 10 heteroatoms. The van der Waals surface area contributed by atoms with E-state index in [-0.39, 0.29) is 23.5 Å². The highest BCUT2D eigenvalue weighted by atomic mass is 32.2. The van der Waals surface area contributed by atoms with E-state index in [1.165, 1.54) is 18.7 Å². The van der Waals surface area contributed by atoms with Gasteiger partial charge >= 0.3 is 0 Å². The molecule has 0 saturated carbocycles. The minimum Gasteiger partial charge on any atom is -0.467 e. The molecular weight excluding hydrogens is 418 g/mol. The molecule has 0 aliphatic heterocycles. The van der Waals surface area contributed by atoms with E-state index in [1.807, 2.05) is 6.07 Å². The van der Waals surface area contributed by atoms with Crippen molar-refractivity contribution in [1.29, 1.82) is 0 Å². The zero-order valence-corrected chi connectivity index (χ0v) is 18.5. The van der Waals surface area contributed by atoms with E-state index in [2.05, 4.69) is 10.1 Å². The lowest BCUT2D eigenvalue weighted by molar-refractivity contribution is 0.476. The second kappa shape index (κ2) is 7.78. The van der Waals surface area contributed by atoms with Crippen molar-refractivity contribution in [3.05, 3.63) is 76.0 Å². The number of furan rings is 1. The summed E-state index contributed by atoms with van der Waals surface area (Å²) in [5.74, 6) is 1.07. The fraction of sp³-hybridized carbons (Fsp3) is 0.286. The predicted octanol–water partition coefficient (Wildman–Crippen LogP) is 2.15. The van der Waals surface area contributed by atoms with Crippen LogP contribution in [0.15, 0.2) is 56.8 Å². The number of sulfonamides is 1. The Hall–Kier alpha value is -3.24. The SMILES string of the molecule is Cc1nn(Cc2nc3ccccc3c(=O)n2Cc2ccco2)c(C)c1S(=O)(=O)N(C)C. The van der Waals surface area contributed by atoms with E-state index in [9.17, 15) is 13.2 Å². The van der Waals surface area contributed by atoms with Crippen LogP contribution in [0.4, 0.5) is 0 Å². The molecule has 0 radical (unpaired) electrons. The molecule has 1 aromatic carbocycles. The molecule has 3 heterocycles. The highest BCUT2D eigenvalue weighted by Crippen LogP contribution is 2.23. The summed E-state index contributed by atoms with van der Waals surface area (Å²) in [7, 11) is -0.690. The van der Waals surface area contributed by atoms with Crippen LogP contribution in [0.3, 0.4) is 0 Å². The number of hydrogen-bond acceptors (Lipinski definition) is 6. The van der Waals surface area contributed by atoms with Gasteiger partial charge in [-0.2, -0.15) is 5.10 Å². The molecule has 162 valence electrons. The first-order valence-corrected chi connectivity index (χ1v) is 11.1. The molecule has 0 unspecified atom stereocenters. The molecule has 31 heavy (non-hydrogen) atoms. The van der Waals surface area contributed by atoms with E-state index in [4.69, 9.17) is 4.42 Å². The van der Waals surface area contributed by atoms with Crippen LogP contribution in [0.1, 0.15) is 23.0 Å². The van der Waals surface area contributed by atoms with Crippen LogP contribution >= 0.6 is 0 Å². The van der Waals surface area contributed by atoms with Crippen LogP contribution in [0, 0.1) is 13.8 Å². The normalized spacial score (nSPS) is 12.2. The Morgan fingerprint density at radius 3 is 2.48 bits per heavy atom. The smallest absolute Gasteiger partial charge is 0.261 e. The summed E-state index contributed by atoms with van der Waals surface area (Å²) in [6.45, 7) is 3.70. The molecule has 0 N–H and O–H groups in total. The number of hydrogen-bond donors (Lipinski definition) is 0. The summed E-state index contributed by atoms with van der Waals surface area (Å²) in [4.78, 5) is 18.1. The van der Waals surface area contributed by atoms with Crippen molar-refractivity contribution in [2.75, 3.05) is 14.1 Å². The van der Waals surface area contributed by atoms with Gasteiger partial charge in [-0.1, -0.05) is 12.1 Å². The molecule has 4 aromatic rings. The summed E-state index contributed by atoms with van der Waals surface area (Å²) >= 11 is 0. The second-order valence-electron chi connectivity index (χ2n) is 7.46. The summed E-state index contributed by atoms with van der Waals surface area (Å²) in [6.07, 6.45) is 1.55. The zero-order valence-electron chi connectivity index (χ0n) is 17.7. The largest absolute Gasteiger partial charge is 0.467 e. The average Bonchev–Trinajstić information content (AvgIpc) is 3.32. The number of rotatable bonds is 6. The number of fused-ring (bicyclic) bond motifs is 1. The quantitative estimate of drug-likeness (QED) is 0.454. The summed E-state index contributed by atoms with van der Waals surface area (Å²) < 4.78 is 35.2. The van der Waals surface area contributed by atoms with E-state index < -0.39 is 10.0 Å². The second-order valence-corrected chi connectivity index (χ2v) is 9.55. The van der Waals surface area contributed by atoms with Gasteiger partial charge in [0, 0.05) is 14.1 Å². The topological polar surface area (TPSA) is 103 Å². The van der Waals surface area contributed by atoms with Gasteiger partial charge in [0.15, 0.2) is 0 Å². The number of aryl methyl sites for hydroxylation is 1. The fourth-order valence-electron chi connectivity index (χ4n) is 3.58. The van der Waals surface area contributed by atoms with E-state index in [0.29, 0.717) is 33.9 Å². The van der Waals surface area contributed by atoms with Gasteiger partial charge < -0.3 is 4.42 Å². The van der Waals surface area contributed by atoms with Crippen molar-refractivity contribution in [2.24, 2.45) is 0 Å². The van der Waals surface area contributed by atoms with Crippen LogP contribution in [0.2, 0.25) is 0 Å². The van der Waals surface area contributed by atoms with Crippen LogP contribution in [-0.4, -0.2) is 46.1 Å². The molecular formula is C21H23N5O4S. The van der Waals surface area contributed by atoms with Crippen molar-refractivity contribution in [2.45, 2.75) is 31.8 Å². The molecule has 0 amide bonds. The lowest BCUT2D eigenvalue weighted by Crippen LogP contribution is -2.27. The van der Waals surface area contributed by atoms with E-state index in [0.717, 1.165) is 4.31 Å². The molecule has 0 saturated heterocycles. The Labute approximate surface area is 179 Å². The van der Waals surface area contributed by atoms with Crippen molar-refractivity contribution in [1.82, 2.24) is 23.6 Å². The van der Waals surface area contributed by atoms with Crippen LogP contribution in [0.5, 0.6) is 0 Å². The molecule has 3 aromatic heterocycles. The first kappa shape index (κ1) is 21.0. The van der Waals surface area contributed by atoms with E-state index in [1.54, 1.807) is 55.1 Å². The fourth-order valence-corrected chi connectivity index (χ4v) is 4.84. The van der Waals surface area contributed by atoms with Crippen LogP contribution in [-0.2, 0) is 23.1 Å². The minimum absolute atomic E-state index is 0.135. The first-order valence-electron chi connectivity index (χ1n) is 9.67. The molecule has 9 nitrogen and oxygen atoms in total. The Bertz CT molecular complexity index is 1420. The highest BCUT2D eigenvalue weighted by molar-refractivity contribution is 7.89. The van der Waals surface area contributed by atoms with Gasteiger partial charge in [0.1, 0.15) is 16.5 Å². The molecule has 0 spiro atoms. The number of nitrogens with zero attached hydrogens (tertiary/aromatic N) is 5. The van der Waals surface area contributed by atoms with Gasteiger partial charge in [0.05, 0.1) is 41.6 Å². The maximum absolute atomic E-state index is 13.2. The van der Waals surface area contributed by atoms with Gasteiger partial charge in [0.25, 0.3) is 5.56 Å². The highest BCUT2D eigenvalue weighted by Gasteiger charge is 2.27. The maximum atomic E-state index is 13.2. The standard InChI is InChI=1S/C21H23N5O4S/c1-14-20(31(28,29)24(3)4)15(2)26(23-14)13-19-22-18-10-6-5-9-17(18)21(27)25(19)12-16-8-7-11-30-16/h5-11H,12-13H2,1-4H3. The van der Waals surface area contributed by atoms with Crippen LogP contribution in [0.25, 0.3) is 10.9 Å². The van der Waals surface area contributed by atoms with Gasteiger partial charge in [0.2, 0.25) is 10.0 Å². The Morgan fingerprint density at radius 2 is 1.81 bits per heavy atom. The van der Waals surface area contributed by atoms with Gasteiger partial charge in [-0.3, -0.25) is 14.0 Å². The molecule has 0 fully saturated rings. The Balaban J connectivity index is 1.86. The van der Waals surface area contributed by atoms with Crippen molar-refractivity contribution < 1.29 is 12.8 Å². The van der Waals surface area contributed by atoms with Gasteiger partial charge in [-0.05, 0) is 38.1 Å². The minimum atomic E-state index is -3.66. The third-order valence-corrected chi connectivity index (χ3v) is 7.25. The number of aromatic nitrogens is 4. The monoisotopic (exact) mass is 441 g/mol. The Kier molecular flexibility index (Phi) is 5.28. The summed E-state index contributed by atoms with van der Waals surface area (Å²) in [5.41, 5.74) is 1.26. The summed E-state index contributed by atoms with van der Waals surface area (Å²) in [5, 5.41) is 4.94. The lowest BCUT2D eigenvalue weighted by atomic mass is 10.2. The zero-order chi connectivity index (χ0) is 22.3. The van der Waals surface area contributed by atoms with Crippen molar-refractivity contribution in [3.63, 3.8) is 0 Å². The maximum Gasteiger partial charge on any atom is 0.261 e. The van der Waals surface area contributed by atoms with Gasteiger partial charge in [-0.25, -0.2) is 17.7 Å². The first-order chi connectivity index (χ1) is 14.7. The van der Waals surface area contributed by atoms with Crippen molar-refractivity contribution >= 4 is 20.9 Å². The predicted molar refractivity (Wildman–Crippen MR) is 115 cm³/mol. The third-order valence-electron chi connectivity index (χ3n) is 5.18. The molecule has 0 bridgehead atoms. The molecule has 4 rings (SSSR count). The number of para-hydroxylation sites is 1. The average molecular weight is 442 g/mol. The van der Waals surface area contributed by atoms with E-state index >= 15 is 0 Å². The molecule has 0 aliphatic carbocycles. The summed E-state index contributed by atoms with van der Waals surface area (Å²) in [6, 6.07) is 10.7. The van der Waals surface area contributed by atoms with Crippen LogP contribution < -0.4 is 5.56 Å². The molecule has 0 atom stereocenters. The molecule has 0 aliphatic rings. The lowest BCUT2D eigenvalue weighted by Gasteiger charge is -2.14. The van der Waals surface area contributed by atoms with Crippen molar-refractivity contribution in [3.8, 4) is 0 Å². The van der Waals surface area contributed by atoms with Gasteiger partial charge in [-0.15, -0.1) is 0 Å². The third kappa shape index (κ3) is 3.68.